The number of imidazole rings is 1. The number of aryl methyl sites for hydroxylation is 1. The van der Waals surface area contributed by atoms with Gasteiger partial charge in [-0.15, -0.1) is 0 Å². The monoisotopic (exact) mass is 244 g/mol. The van der Waals surface area contributed by atoms with Gasteiger partial charge in [-0.1, -0.05) is 11.8 Å². The maximum absolute atomic E-state index is 10.5. The van der Waals surface area contributed by atoms with E-state index < -0.39 is 5.97 Å². The van der Waals surface area contributed by atoms with Crippen molar-refractivity contribution in [2.24, 2.45) is 0 Å². The van der Waals surface area contributed by atoms with Crippen LogP contribution in [0.3, 0.4) is 0 Å². The smallest absolute Gasteiger partial charge is 0.313 e. The van der Waals surface area contributed by atoms with Crippen LogP contribution in [0.5, 0.6) is 0 Å². The largest absolute Gasteiger partial charge is 0.481 e. The van der Waals surface area contributed by atoms with Gasteiger partial charge < -0.3 is 14.4 Å². The molecule has 0 spiro atoms. The third-order valence-electron chi connectivity index (χ3n) is 2.03. The molecule has 1 aromatic rings. The van der Waals surface area contributed by atoms with Gasteiger partial charge in [0.2, 0.25) is 0 Å². The Labute approximate surface area is 98.8 Å². The number of aromatic nitrogens is 2. The van der Waals surface area contributed by atoms with Crippen LogP contribution in [-0.4, -0.2) is 40.1 Å². The van der Waals surface area contributed by atoms with E-state index in [1.165, 1.54) is 11.8 Å². The van der Waals surface area contributed by atoms with Crippen molar-refractivity contribution in [3.05, 3.63) is 11.9 Å². The summed E-state index contributed by atoms with van der Waals surface area (Å²) in [5.74, 6) is -0.813. The lowest BCUT2D eigenvalue weighted by atomic mass is 10.3. The van der Waals surface area contributed by atoms with Crippen molar-refractivity contribution in [3.8, 4) is 0 Å². The fraction of sp³-hybridized carbons (Fsp3) is 0.600. The molecule has 1 heterocycles. The van der Waals surface area contributed by atoms with Crippen molar-refractivity contribution in [2.45, 2.75) is 25.0 Å². The van der Waals surface area contributed by atoms with Crippen molar-refractivity contribution in [2.75, 3.05) is 19.5 Å². The van der Waals surface area contributed by atoms with Crippen LogP contribution in [0.25, 0.3) is 0 Å². The quantitative estimate of drug-likeness (QED) is 0.770. The van der Waals surface area contributed by atoms with Crippen LogP contribution in [0.15, 0.2) is 11.4 Å². The lowest BCUT2D eigenvalue weighted by Gasteiger charge is -2.14. The molecular formula is C10H16N2O3S. The van der Waals surface area contributed by atoms with Gasteiger partial charge in [0.15, 0.2) is 5.16 Å². The minimum atomic E-state index is -0.836. The summed E-state index contributed by atoms with van der Waals surface area (Å²) < 4.78 is 7.02. The second kappa shape index (κ2) is 5.91. The summed E-state index contributed by atoms with van der Waals surface area (Å²) in [6.45, 7) is 4.48. The van der Waals surface area contributed by atoms with E-state index in [4.69, 9.17) is 9.84 Å². The fourth-order valence-electron chi connectivity index (χ4n) is 1.36. The van der Waals surface area contributed by atoms with Gasteiger partial charge in [-0.3, -0.25) is 4.79 Å². The molecule has 0 bridgehead atoms. The molecule has 1 unspecified atom stereocenters. The second-order valence-electron chi connectivity index (χ2n) is 3.56. The SMILES string of the molecule is COCC(C)n1cc(C)nc1SCC(=O)O. The van der Waals surface area contributed by atoms with E-state index in [1.807, 2.05) is 24.6 Å². The number of thioether (sulfide) groups is 1. The van der Waals surface area contributed by atoms with Crippen molar-refractivity contribution in [3.63, 3.8) is 0 Å². The van der Waals surface area contributed by atoms with Gasteiger partial charge in [0, 0.05) is 13.3 Å². The van der Waals surface area contributed by atoms with Gasteiger partial charge in [0.25, 0.3) is 0 Å². The first-order valence-corrected chi connectivity index (χ1v) is 5.92. The predicted octanol–water partition coefficient (Wildman–Crippen LogP) is 1.58. The first-order valence-electron chi connectivity index (χ1n) is 4.93. The Morgan fingerprint density at radius 3 is 3.00 bits per heavy atom. The summed E-state index contributed by atoms with van der Waals surface area (Å²) in [6, 6.07) is 0.155. The summed E-state index contributed by atoms with van der Waals surface area (Å²) in [5.41, 5.74) is 0.885. The van der Waals surface area contributed by atoms with Crippen molar-refractivity contribution in [1.82, 2.24) is 9.55 Å². The molecule has 90 valence electrons. The van der Waals surface area contributed by atoms with Gasteiger partial charge in [0.1, 0.15) is 0 Å². The lowest BCUT2D eigenvalue weighted by Crippen LogP contribution is -2.12. The summed E-state index contributed by atoms with van der Waals surface area (Å²) in [7, 11) is 1.64. The molecule has 0 saturated heterocycles. The summed E-state index contributed by atoms with van der Waals surface area (Å²) >= 11 is 1.23. The molecule has 0 aromatic carbocycles. The highest BCUT2D eigenvalue weighted by atomic mass is 32.2. The van der Waals surface area contributed by atoms with E-state index in [2.05, 4.69) is 4.98 Å². The Balaban J connectivity index is 2.78. The Morgan fingerprint density at radius 1 is 1.75 bits per heavy atom. The van der Waals surface area contributed by atoms with Crippen LogP contribution in [0.1, 0.15) is 18.7 Å². The molecule has 1 aromatic heterocycles. The van der Waals surface area contributed by atoms with Crippen LogP contribution < -0.4 is 0 Å². The normalized spacial score (nSPS) is 12.7. The second-order valence-corrected chi connectivity index (χ2v) is 4.50. The Bertz CT molecular complexity index is 365. The molecule has 0 amide bonds. The number of ether oxygens (including phenoxy) is 1. The van der Waals surface area contributed by atoms with Crippen LogP contribution in [0.4, 0.5) is 0 Å². The Hall–Kier alpha value is -1.01. The van der Waals surface area contributed by atoms with Crippen LogP contribution in [-0.2, 0) is 9.53 Å². The number of aliphatic carboxylic acids is 1. The number of hydrogen-bond donors (Lipinski definition) is 1. The zero-order valence-electron chi connectivity index (χ0n) is 9.64. The standard InChI is InChI=1S/C10H16N2O3S/c1-7-4-12(8(2)5-15-3)10(11-7)16-6-9(13)14/h4,8H,5-6H2,1-3H3,(H,13,14). The minimum absolute atomic E-state index is 0.0240. The highest BCUT2D eigenvalue weighted by molar-refractivity contribution is 7.99. The molecule has 0 fully saturated rings. The summed E-state index contributed by atoms with van der Waals surface area (Å²) in [4.78, 5) is 14.8. The van der Waals surface area contributed by atoms with Gasteiger partial charge in [-0.2, -0.15) is 0 Å². The summed E-state index contributed by atoms with van der Waals surface area (Å²) in [6.07, 6.45) is 1.91. The zero-order chi connectivity index (χ0) is 12.1. The first-order chi connectivity index (χ1) is 7.54. The molecular weight excluding hydrogens is 228 g/mol. The Kier molecular flexibility index (Phi) is 4.82. The number of carboxylic acids is 1. The number of hydrogen-bond acceptors (Lipinski definition) is 4. The molecule has 1 N–H and O–H groups in total. The van der Waals surface area contributed by atoms with E-state index in [-0.39, 0.29) is 11.8 Å². The molecule has 6 heteroatoms. The van der Waals surface area contributed by atoms with Crippen LogP contribution in [0.2, 0.25) is 0 Å². The maximum atomic E-state index is 10.5. The van der Waals surface area contributed by atoms with Gasteiger partial charge in [-0.25, -0.2) is 4.98 Å². The van der Waals surface area contributed by atoms with Crippen molar-refractivity contribution >= 4 is 17.7 Å². The number of rotatable bonds is 6. The molecule has 0 aliphatic heterocycles. The number of carbonyl (C=O) groups is 1. The van der Waals surface area contributed by atoms with Gasteiger partial charge in [-0.05, 0) is 13.8 Å². The molecule has 5 nitrogen and oxygen atoms in total. The molecule has 1 rings (SSSR count). The third kappa shape index (κ3) is 3.53. The third-order valence-corrected chi connectivity index (χ3v) is 2.98. The number of carboxylic acid groups (broad SMARTS) is 1. The molecule has 16 heavy (non-hydrogen) atoms. The fourth-order valence-corrected chi connectivity index (χ4v) is 2.21. The number of methoxy groups -OCH3 is 1. The molecule has 0 aliphatic carbocycles. The van der Waals surface area contributed by atoms with Crippen LogP contribution >= 0.6 is 11.8 Å². The molecule has 0 saturated carbocycles. The summed E-state index contributed by atoms with van der Waals surface area (Å²) in [5, 5.41) is 9.36. The molecule has 1 atom stereocenters. The van der Waals surface area contributed by atoms with Gasteiger partial charge in [0.05, 0.1) is 24.1 Å². The van der Waals surface area contributed by atoms with Gasteiger partial charge >= 0.3 is 5.97 Å². The van der Waals surface area contributed by atoms with E-state index in [1.54, 1.807) is 7.11 Å². The van der Waals surface area contributed by atoms with Crippen molar-refractivity contribution in [1.29, 1.82) is 0 Å². The van der Waals surface area contributed by atoms with E-state index >= 15 is 0 Å². The average molecular weight is 244 g/mol. The number of nitrogens with zero attached hydrogens (tertiary/aromatic N) is 2. The van der Waals surface area contributed by atoms with E-state index in [0.717, 1.165) is 10.9 Å². The molecule has 0 aliphatic rings. The highest BCUT2D eigenvalue weighted by Gasteiger charge is 2.13. The lowest BCUT2D eigenvalue weighted by molar-refractivity contribution is -0.133. The first kappa shape index (κ1) is 13.1. The maximum Gasteiger partial charge on any atom is 0.313 e. The topological polar surface area (TPSA) is 64.4 Å². The molecule has 0 radical (unpaired) electrons. The Morgan fingerprint density at radius 2 is 2.44 bits per heavy atom. The van der Waals surface area contributed by atoms with E-state index in [9.17, 15) is 4.79 Å². The zero-order valence-corrected chi connectivity index (χ0v) is 10.5. The van der Waals surface area contributed by atoms with Crippen molar-refractivity contribution < 1.29 is 14.6 Å². The predicted molar refractivity (Wildman–Crippen MR) is 61.9 cm³/mol. The minimum Gasteiger partial charge on any atom is -0.481 e. The highest BCUT2D eigenvalue weighted by Crippen LogP contribution is 2.21. The average Bonchev–Trinajstić information content (AvgIpc) is 2.57. The van der Waals surface area contributed by atoms with Crippen LogP contribution in [0, 0.1) is 6.92 Å². The van der Waals surface area contributed by atoms with E-state index in [0.29, 0.717) is 6.61 Å².